The lowest BCUT2D eigenvalue weighted by atomic mass is 10.1. The fourth-order valence-corrected chi connectivity index (χ4v) is 3.44. The van der Waals surface area contributed by atoms with Crippen molar-refractivity contribution in [3.05, 3.63) is 35.9 Å². The molecule has 0 amide bonds. The van der Waals surface area contributed by atoms with Crippen LogP contribution in [0.25, 0.3) is 0 Å². The van der Waals surface area contributed by atoms with Gasteiger partial charge in [-0.1, -0.05) is 6.07 Å². The van der Waals surface area contributed by atoms with E-state index in [1.54, 1.807) is 6.33 Å². The number of ether oxygens (including phenoxy) is 2. The summed E-state index contributed by atoms with van der Waals surface area (Å²) < 4.78 is 12.8. The highest BCUT2D eigenvalue weighted by atomic mass is 127. The average Bonchev–Trinajstić information content (AvgIpc) is 3.34. The number of aryl methyl sites for hydroxylation is 1. The summed E-state index contributed by atoms with van der Waals surface area (Å²) in [6, 6.07) is 6.20. The lowest BCUT2D eigenvalue weighted by molar-refractivity contribution is 0.171. The molecule has 1 N–H and O–H groups in total. The number of nitrogens with one attached hydrogen (secondary N) is 1. The molecule has 0 spiro atoms. The summed E-state index contributed by atoms with van der Waals surface area (Å²) in [4.78, 5) is 9.52. The molecule has 2 aliphatic rings. The molecule has 29 heavy (non-hydrogen) atoms. The molecule has 2 aliphatic heterocycles. The van der Waals surface area contributed by atoms with Crippen LogP contribution in [-0.4, -0.2) is 70.0 Å². The Balaban J connectivity index is 0.00000240. The van der Waals surface area contributed by atoms with Crippen LogP contribution in [0, 0.1) is 0 Å². The van der Waals surface area contributed by atoms with Crippen molar-refractivity contribution in [3.63, 3.8) is 0 Å². The highest BCUT2D eigenvalue weighted by Crippen LogP contribution is 2.32. The van der Waals surface area contributed by atoms with E-state index < -0.39 is 0 Å². The molecular weight excluding hydrogens is 485 g/mol. The van der Waals surface area contributed by atoms with Crippen molar-refractivity contribution in [2.75, 3.05) is 39.5 Å². The van der Waals surface area contributed by atoms with Crippen molar-refractivity contribution < 1.29 is 9.47 Å². The molecule has 1 fully saturated rings. The predicted octanol–water partition coefficient (Wildman–Crippen LogP) is 1.45. The molecular formula is C19H28IN7O2. The van der Waals surface area contributed by atoms with Crippen molar-refractivity contribution in [3.8, 4) is 11.5 Å². The Morgan fingerprint density at radius 2 is 1.97 bits per heavy atom. The lowest BCUT2D eigenvalue weighted by Gasteiger charge is -2.36. The standard InChI is InChI=1S/C19H27N7O2.HI/c1-3-20-19(21-11-18-23-22-13-24(18)2)26-8-6-25(7-9-26)12-15-4-5-16-17(10-15)28-14-27-16;/h4-5,10,13H,3,6-9,11-12,14H2,1-2H3,(H,20,21);1H. The molecule has 0 radical (unpaired) electrons. The van der Waals surface area contributed by atoms with Gasteiger partial charge >= 0.3 is 0 Å². The van der Waals surface area contributed by atoms with Gasteiger partial charge in [-0.25, -0.2) is 4.99 Å². The Morgan fingerprint density at radius 3 is 2.69 bits per heavy atom. The molecule has 10 heteroatoms. The van der Waals surface area contributed by atoms with Crippen molar-refractivity contribution in [2.24, 2.45) is 12.0 Å². The molecule has 0 bridgehead atoms. The molecule has 1 aromatic carbocycles. The first-order chi connectivity index (χ1) is 13.7. The van der Waals surface area contributed by atoms with Crippen LogP contribution in [0.1, 0.15) is 18.3 Å². The summed E-state index contributed by atoms with van der Waals surface area (Å²) in [5.41, 5.74) is 1.25. The van der Waals surface area contributed by atoms with Crippen molar-refractivity contribution in [1.82, 2.24) is 29.9 Å². The SMILES string of the molecule is CCNC(=NCc1nncn1C)N1CCN(Cc2ccc3c(c2)OCO3)CC1.I. The van der Waals surface area contributed by atoms with Crippen LogP contribution in [0.2, 0.25) is 0 Å². The van der Waals surface area contributed by atoms with Gasteiger partial charge in [-0.3, -0.25) is 4.90 Å². The van der Waals surface area contributed by atoms with Gasteiger partial charge in [0.05, 0.1) is 0 Å². The molecule has 0 unspecified atom stereocenters. The predicted molar refractivity (Wildman–Crippen MR) is 121 cm³/mol. The summed E-state index contributed by atoms with van der Waals surface area (Å²) in [6.07, 6.45) is 1.70. The third-order valence-corrected chi connectivity index (χ3v) is 5.03. The molecule has 0 saturated carbocycles. The van der Waals surface area contributed by atoms with Gasteiger partial charge in [-0.15, -0.1) is 34.2 Å². The van der Waals surface area contributed by atoms with E-state index in [1.807, 2.05) is 17.7 Å². The summed E-state index contributed by atoms with van der Waals surface area (Å²) in [5.74, 6) is 3.48. The van der Waals surface area contributed by atoms with Gasteiger partial charge in [-0.05, 0) is 24.6 Å². The molecule has 2 aromatic rings. The van der Waals surface area contributed by atoms with E-state index in [-0.39, 0.29) is 24.0 Å². The quantitative estimate of drug-likeness (QED) is 0.369. The zero-order valence-corrected chi connectivity index (χ0v) is 19.2. The fraction of sp³-hybridized carbons (Fsp3) is 0.526. The third-order valence-electron chi connectivity index (χ3n) is 5.03. The minimum Gasteiger partial charge on any atom is -0.454 e. The normalized spacial score (nSPS) is 16.6. The Kier molecular flexibility index (Phi) is 7.53. The Bertz CT molecular complexity index is 834. The summed E-state index contributed by atoms with van der Waals surface area (Å²) in [5, 5.41) is 11.4. The molecule has 0 aliphatic carbocycles. The van der Waals surface area contributed by atoms with Crippen LogP contribution in [0.5, 0.6) is 11.5 Å². The van der Waals surface area contributed by atoms with Crippen LogP contribution >= 0.6 is 24.0 Å². The summed E-state index contributed by atoms with van der Waals surface area (Å²) >= 11 is 0. The highest BCUT2D eigenvalue weighted by molar-refractivity contribution is 14.0. The van der Waals surface area contributed by atoms with Crippen LogP contribution in [0.4, 0.5) is 0 Å². The maximum Gasteiger partial charge on any atom is 0.231 e. The number of guanidine groups is 1. The van der Waals surface area contributed by atoms with E-state index in [1.165, 1.54) is 5.56 Å². The van der Waals surface area contributed by atoms with Gasteiger partial charge in [0.2, 0.25) is 6.79 Å². The number of aromatic nitrogens is 3. The van der Waals surface area contributed by atoms with E-state index in [0.29, 0.717) is 13.3 Å². The minimum atomic E-state index is 0. The van der Waals surface area contributed by atoms with Crippen LogP contribution < -0.4 is 14.8 Å². The number of hydrogen-bond acceptors (Lipinski definition) is 6. The van der Waals surface area contributed by atoms with Crippen molar-refractivity contribution in [1.29, 1.82) is 0 Å². The molecule has 1 aromatic heterocycles. The van der Waals surface area contributed by atoms with E-state index >= 15 is 0 Å². The Morgan fingerprint density at radius 1 is 1.17 bits per heavy atom. The highest BCUT2D eigenvalue weighted by Gasteiger charge is 2.21. The number of hydrogen-bond donors (Lipinski definition) is 1. The molecule has 4 rings (SSSR count). The zero-order valence-electron chi connectivity index (χ0n) is 16.9. The molecule has 9 nitrogen and oxygen atoms in total. The molecule has 158 valence electrons. The first-order valence-electron chi connectivity index (χ1n) is 9.70. The second-order valence-corrected chi connectivity index (χ2v) is 6.98. The van der Waals surface area contributed by atoms with E-state index in [4.69, 9.17) is 14.5 Å². The number of aliphatic imine (C=N–C) groups is 1. The van der Waals surface area contributed by atoms with Gasteiger partial charge in [0.1, 0.15) is 12.9 Å². The van der Waals surface area contributed by atoms with Crippen LogP contribution in [0.3, 0.4) is 0 Å². The number of halogens is 1. The molecule has 3 heterocycles. The van der Waals surface area contributed by atoms with Crippen LogP contribution in [0.15, 0.2) is 29.5 Å². The number of benzene rings is 1. The monoisotopic (exact) mass is 513 g/mol. The maximum absolute atomic E-state index is 5.49. The summed E-state index contributed by atoms with van der Waals surface area (Å²) in [6.45, 7) is 8.55. The topological polar surface area (TPSA) is 80.0 Å². The number of fused-ring (bicyclic) bond motifs is 1. The first-order valence-corrected chi connectivity index (χ1v) is 9.70. The average molecular weight is 513 g/mol. The second-order valence-electron chi connectivity index (χ2n) is 6.98. The van der Waals surface area contributed by atoms with E-state index in [0.717, 1.165) is 62.6 Å². The largest absolute Gasteiger partial charge is 0.454 e. The minimum absolute atomic E-state index is 0. The summed E-state index contributed by atoms with van der Waals surface area (Å²) in [7, 11) is 1.94. The van der Waals surface area contributed by atoms with Crippen molar-refractivity contribution >= 4 is 29.9 Å². The van der Waals surface area contributed by atoms with Gasteiger partial charge in [0.15, 0.2) is 23.3 Å². The number of rotatable bonds is 5. The lowest BCUT2D eigenvalue weighted by Crippen LogP contribution is -2.52. The second kappa shape index (κ2) is 10.1. The number of nitrogens with zero attached hydrogens (tertiary/aromatic N) is 6. The fourth-order valence-electron chi connectivity index (χ4n) is 3.44. The van der Waals surface area contributed by atoms with Crippen molar-refractivity contribution in [2.45, 2.75) is 20.0 Å². The Labute approximate surface area is 188 Å². The third kappa shape index (κ3) is 5.30. The first kappa shape index (κ1) is 21.6. The maximum atomic E-state index is 5.49. The zero-order chi connectivity index (χ0) is 19.3. The van der Waals surface area contributed by atoms with E-state index in [9.17, 15) is 0 Å². The van der Waals surface area contributed by atoms with Gasteiger partial charge < -0.3 is 24.3 Å². The van der Waals surface area contributed by atoms with Gasteiger partial charge in [-0.2, -0.15) is 0 Å². The number of piperazine rings is 1. The molecule has 1 saturated heterocycles. The van der Waals surface area contributed by atoms with E-state index in [2.05, 4.69) is 44.4 Å². The smallest absolute Gasteiger partial charge is 0.231 e. The Hall–Kier alpha value is -2.08. The van der Waals surface area contributed by atoms with Gasteiger partial charge in [0.25, 0.3) is 0 Å². The molecule has 0 atom stereocenters. The van der Waals surface area contributed by atoms with Crippen LogP contribution in [-0.2, 0) is 20.1 Å². The van der Waals surface area contributed by atoms with Gasteiger partial charge in [0, 0.05) is 46.3 Å².